The number of aromatic nitrogens is 2. The molecule has 0 spiro atoms. The Labute approximate surface area is 147 Å². The molecule has 0 radical (unpaired) electrons. The Kier molecular flexibility index (Phi) is 4.21. The molecule has 4 rings (SSSR count). The van der Waals surface area contributed by atoms with Crippen LogP contribution in [0.5, 0.6) is 11.5 Å². The topological polar surface area (TPSA) is 59.1 Å². The van der Waals surface area contributed by atoms with Crippen molar-refractivity contribution >= 4 is 17.5 Å². The molecule has 0 atom stereocenters. The average molecular weight is 332 g/mol. The molecule has 5 heteroatoms. The third-order valence-electron chi connectivity index (χ3n) is 3.87. The van der Waals surface area contributed by atoms with Crippen LogP contribution >= 0.6 is 0 Å². The molecule has 0 saturated heterocycles. The van der Waals surface area contributed by atoms with E-state index in [0.717, 1.165) is 28.7 Å². The predicted molar refractivity (Wildman–Crippen MR) is 99.7 cm³/mol. The summed E-state index contributed by atoms with van der Waals surface area (Å²) in [5, 5.41) is 6.66. The number of anilines is 3. The van der Waals surface area contributed by atoms with Crippen molar-refractivity contribution in [3.63, 3.8) is 0 Å². The Morgan fingerprint density at radius 2 is 1.64 bits per heavy atom. The zero-order chi connectivity index (χ0) is 17.1. The van der Waals surface area contributed by atoms with Gasteiger partial charge in [0, 0.05) is 23.5 Å². The maximum atomic E-state index is 5.80. The van der Waals surface area contributed by atoms with Crippen molar-refractivity contribution < 1.29 is 4.74 Å². The molecular formula is C20H20N4O. The Hall–Kier alpha value is -3.08. The van der Waals surface area contributed by atoms with Gasteiger partial charge in [-0.15, -0.1) is 0 Å². The molecule has 1 saturated carbocycles. The second-order valence-electron chi connectivity index (χ2n) is 6.20. The van der Waals surface area contributed by atoms with Crippen molar-refractivity contribution in [1.29, 1.82) is 0 Å². The summed E-state index contributed by atoms with van der Waals surface area (Å²) in [7, 11) is 0. The highest BCUT2D eigenvalue weighted by molar-refractivity contribution is 5.56. The maximum Gasteiger partial charge on any atom is 0.229 e. The molecule has 1 aliphatic rings. The van der Waals surface area contributed by atoms with Gasteiger partial charge in [0.15, 0.2) is 0 Å². The van der Waals surface area contributed by atoms with Gasteiger partial charge in [0.2, 0.25) is 5.95 Å². The standard InChI is InChI=1S/C20H20N4O/c1-14-13-19(22-15-7-8-15)24-20(21-14)23-16-9-11-18(12-10-16)25-17-5-3-2-4-6-17/h2-6,9-13,15H,7-8H2,1H3,(H2,21,22,23,24). The first-order chi connectivity index (χ1) is 12.2. The quantitative estimate of drug-likeness (QED) is 0.672. The second-order valence-corrected chi connectivity index (χ2v) is 6.20. The number of rotatable bonds is 6. The summed E-state index contributed by atoms with van der Waals surface area (Å²) in [6, 6.07) is 20.0. The van der Waals surface area contributed by atoms with E-state index in [4.69, 9.17) is 4.74 Å². The van der Waals surface area contributed by atoms with Gasteiger partial charge in [0.05, 0.1) is 0 Å². The van der Waals surface area contributed by atoms with Gasteiger partial charge in [0.25, 0.3) is 0 Å². The molecule has 0 unspecified atom stereocenters. The molecule has 0 bridgehead atoms. The summed E-state index contributed by atoms with van der Waals surface area (Å²) in [6.07, 6.45) is 2.43. The summed E-state index contributed by atoms with van der Waals surface area (Å²) in [6.45, 7) is 1.97. The van der Waals surface area contributed by atoms with Crippen LogP contribution in [0.1, 0.15) is 18.5 Å². The van der Waals surface area contributed by atoms with Gasteiger partial charge >= 0.3 is 0 Å². The lowest BCUT2D eigenvalue weighted by atomic mass is 10.3. The molecule has 25 heavy (non-hydrogen) atoms. The van der Waals surface area contributed by atoms with Crippen LogP contribution in [0.2, 0.25) is 0 Å². The minimum atomic E-state index is 0.566. The van der Waals surface area contributed by atoms with E-state index < -0.39 is 0 Å². The number of hydrogen-bond donors (Lipinski definition) is 2. The lowest BCUT2D eigenvalue weighted by molar-refractivity contribution is 0.483. The summed E-state index contributed by atoms with van der Waals surface area (Å²) >= 11 is 0. The fourth-order valence-electron chi connectivity index (χ4n) is 2.50. The monoisotopic (exact) mass is 332 g/mol. The minimum Gasteiger partial charge on any atom is -0.457 e. The van der Waals surface area contributed by atoms with Crippen molar-refractivity contribution in [2.75, 3.05) is 10.6 Å². The van der Waals surface area contributed by atoms with Crippen LogP contribution in [0.4, 0.5) is 17.5 Å². The number of hydrogen-bond acceptors (Lipinski definition) is 5. The van der Waals surface area contributed by atoms with Crippen LogP contribution < -0.4 is 15.4 Å². The second kappa shape index (κ2) is 6.81. The van der Waals surface area contributed by atoms with E-state index in [9.17, 15) is 0 Å². The van der Waals surface area contributed by atoms with Crippen molar-refractivity contribution in [2.45, 2.75) is 25.8 Å². The van der Waals surface area contributed by atoms with Gasteiger partial charge in [0.1, 0.15) is 17.3 Å². The van der Waals surface area contributed by atoms with Crippen molar-refractivity contribution in [3.8, 4) is 11.5 Å². The van der Waals surface area contributed by atoms with Crippen LogP contribution in [0.3, 0.4) is 0 Å². The van der Waals surface area contributed by atoms with Crippen LogP contribution in [-0.4, -0.2) is 16.0 Å². The van der Waals surface area contributed by atoms with E-state index >= 15 is 0 Å². The van der Waals surface area contributed by atoms with E-state index in [0.29, 0.717) is 12.0 Å². The Bertz CT molecular complexity index is 845. The average Bonchev–Trinajstić information content (AvgIpc) is 3.41. The fraction of sp³-hybridized carbons (Fsp3) is 0.200. The van der Waals surface area contributed by atoms with E-state index in [-0.39, 0.29) is 0 Å². The van der Waals surface area contributed by atoms with Gasteiger partial charge in [-0.2, -0.15) is 4.98 Å². The first-order valence-corrected chi connectivity index (χ1v) is 8.47. The fourth-order valence-corrected chi connectivity index (χ4v) is 2.50. The van der Waals surface area contributed by atoms with E-state index in [1.165, 1.54) is 12.8 Å². The SMILES string of the molecule is Cc1cc(NC2CC2)nc(Nc2ccc(Oc3ccccc3)cc2)n1. The molecule has 1 heterocycles. The van der Waals surface area contributed by atoms with E-state index in [1.807, 2.05) is 67.6 Å². The minimum absolute atomic E-state index is 0.566. The molecular weight excluding hydrogens is 312 g/mol. The summed E-state index contributed by atoms with van der Waals surface area (Å²) < 4.78 is 5.80. The molecule has 0 aliphatic heterocycles. The Morgan fingerprint density at radius 1 is 0.920 bits per heavy atom. The van der Waals surface area contributed by atoms with Gasteiger partial charge in [-0.25, -0.2) is 4.98 Å². The number of ether oxygens (including phenoxy) is 1. The number of aryl methyl sites for hydroxylation is 1. The van der Waals surface area contributed by atoms with Gasteiger partial charge in [-0.1, -0.05) is 18.2 Å². The van der Waals surface area contributed by atoms with Crippen molar-refractivity contribution in [2.24, 2.45) is 0 Å². The normalized spacial score (nSPS) is 13.3. The first-order valence-electron chi connectivity index (χ1n) is 8.47. The van der Waals surface area contributed by atoms with Crippen LogP contribution in [0, 0.1) is 6.92 Å². The third-order valence-corrected chi connectivity index (χ3v) is 3.87. The van der Waals surface area contributed by atoms with Crippen LogP contribution in [0.15, 0.2) is 60.7 Å². The third kappa shape index (κ3) is 4.26. The summed E-state index contributed by atoms with van der Waals surface area (Å²) in [4.78, 5) is 8.99. The highest BCUT2D eigenvalue weighted by Gasteiger charge is 2.21. The Balaban J connectivity index is 1.44. The molecule has 5 nitrogen and oxygen atoms in total. The zero-order valence-electron chi connectivity index (χ0n) is 14.1. The summed E-state index contributed by atoms with van der Waals surface area (Å²) in [5.41, 5.74) is 1.85. The highest BCUT2D eigenvalue weighted by Crippen LogP contribution is 2.26. The first kappa shape index (κ1) is 15.4. The van der Waals surface area contributed by atoms with E-state index in [1.54, 1.807) is 0 Å². The van der Waals surface area contributed by atoms with Gasteiger partial charge in [-0.05, 0) is 56.2 Å². The molecule has 1 fully saturated rings. The lowest BCUT2D eigenvalue weighted by Crippen LogP contribution is -2.06. The zero-order valence-corrected chi connectivity index (χ0v) is 14.1. The number of nitrogens with one attached hydrogen (secondary N) is 2. The van der Waals surface area contributed by atoms with Crippen LogP contribution in [0.25, 0.3) is 0 Å². The van der Waals surface area contributed by atoms with E-state index in [2.05, 4.69) is 20.6 Å². The maximum absolute atomic E-state index is 5.80. The molecule has 1 aliphatic carbocycles. The van der Waals surface area contributed by atoms with Crippen molar-refractivity contribution in [3.05, 3.63) is 66.4 Å². The highest BCUT2D eigenvalue weighted by atomic mass is 16.5. The molecule has 0 amide bonds. The smallest absolute Gasteiger partial charge is 0.229 e. The number of nitrogens with zero attached hydrogens (tertiary/aromatic N) is 2. The predicted octanol–water partition coefficient (Wildman–Crippen LogP) is 4.90. The molecule has 2 aromatic carbocycles. The molecule has 2 N–H and O–H groups in total. The van der Waals surface area contributed by atoms with Gasteiger partial charge in [-0.3, -0.25) is 0 Å². The number of para-hydroxylation sites is 1. The Morgan fingerprint density at radius 3 is 2.36 bits per heavy atom. The summed E-state index contributed by atoms with van der Waals surface area (Å²) in [5.74, 6) is 3.08. The number of benzene rings is 2. The van der Waals surface area contributed by atoms with Crippen molar-refractivity contribution in [1.82, 2.24) is 9.97 Å². The lowest BCUT2D eigenvalue weighted by Gasteiger charge is -2.10. The molecule has 3 aromatic rings. The largest absolute Gasteiger partial charge is 0.457 e. The van der Waals surface area contributed by atoms with Crippen LogP contribution in [-0.2, 0) is 0 Å². The molecule has 126 valence electrons. The van der Waals surface area contributed by atoms with Gasteiger partial charge < -0.3 is 15.4 Å². The molecule has 1 aromatic heterocycles.